The Balaban J connectivity index is 1.19. The van der Waals surface area contributed by atoms with Gasteiger partial charge in [0, 0.05) is 32.4 Å². The summed E-state index contributed by atoms with van der Waals surface area (Å²) in [5.74, 6) is 0.685. The van der Waals surface area contributed by atoms with E-state index in [-0.39, 0.29) is 0 Å². The Morgan fingerprint density at radius 2 is 1.02 bits per heavy atom. The summed E-state index contributed by atoms with van der Waals surface area (Å²) < 4.78 is 7.14. The molecule has 0 amide bonds. The van der Waals surface area contributed by atoms with Crippen LogP contribution in [0.1, 0.15) is 22.3 Å². The van der Waals surface area contributed by atoms with Gasteiger partial charge in [0.2, 0.25) is 0 Å². The predicted molar refractivity (Wildman–Crippen MR) is 207 cm³/mol. The first-order valence-corrected chi connectivity index (χ1v) is 18.1. The number of para-hydroxylation sites is 1. The van der Waals surface area contributed by atoms with Crippen molar-refractivity contribution in [2.45, 2.75) is 15.2 Å². The second-order valence-electron chi connectivity index (χ2n) is 13.2. The Morgan fingerprint density at radius 3 is 1.76 bits per heavy atom. The van der Waals surface area contributed by atoms with Crippen LogP contribution in [0.4, 0.5) is 0 Å². The third-order valence-corrected chi connectivity index (χ3v) is 11.8. The summed E-state index contributed by atoms with van der Waals surface area (Å²) in [6, 6.07) is 60.4. The molecule has 0 saturated heterocycles. The average molecular weight is 669 g/mol. The molecule has 9 aromatic rings. The summed E-state index contributed by atoms with van der Waals surface area (Å²) in [4.78, 5) is 12.6. The summed E-state index contributed by atoms with van der Waals surface area (Å²) in [7, 11) is 0. The monoisotopic (exact) mass is 668 g/mol. The molecule has 3 heterocycles. The minimum Gasteiger partial charge on any atom is -0.454 e. The van der Waals surface area contributed by atoms with E-state index >= 15 is 0 Å². The molecule has 51 heavy (non-hydrogen) atoms. The molecule has 2 aliphatic rings. The van der Waals surface area contributed by atoms with Crippen LogP contribution in [0.5, 0.6) is 0 Å². The van der Waals surface area contributed by atoms with Crippen LogP contribution in [-0.4, -0.2) is 9.97 Å². The zero-order chi connectivity index (χ0) is 33.5. The maximum atomic E-state index is 7.14. The Labute approximate surface area is 299 Å². The second kappa shape index (κ2) is 10.9. The summed E-state index contributed by atoms with van der Waals surface area (Å²) in [6.45, 7) is 0. The summed E-state index contributed by atoms with van der Waals surface area (Å²) >= 11 is 1.82. The van der Waals surface area contributed by atoms with E-state index < -0.39 is 5.41 Å². The molecule has 0 fully saturated rings. The normalized spacial score (nSPS) is 13.6. The second-order valence-corrected chi connectivity index (χ2v) is 14.3. The number of fused-ring (bicyclic) bond motifs is 13. The Hall–Kier alpha value is -6.23. The first-order chi connectivity index (χ1) is 25.3. The van der Waals surface area contributed by atoms with E-state index in [4.69, 9.17) is 14.4 Å². The molecule has 7 aromatic carbocycles. The van der Waals surface area contributed by atoms with Crippen LogP contribution in [-0.2, 0) is 5.41 Å². The Kier molecular flexibility index (Phi) is 6.10. The highest BCUT2D eigenvalue weighted by atomic mass is 32.2. The van der Waals surface area contributed by atoms with E-state index in [1.807, 2.05) is 48.2 Å². The minimum absolute atomic E-state index is 0.456. The fourth-order valence-corrected chi connectivity index (χ4v) is 9.70. The van der Waals surface area contributed by atoms with Crippen molar-refractivity contribution in [3.05, 3.63) is 192 Å². The van der Waals surface area contributed by atoms with Crippen molar-refractivity contribution in [3.63, 3.8) is 0 Å². The van der Waals surface area contributed by atoms with Crippen molar-refractivity contribution in [2.24, 2.45) is 0 Å². The Bertz CT molecular complexity index is 2740. The summed E-state index contributed by atoms with van der Waals surface area (Å²) in [5, 5.41) is 2.18. The van der Waals surface area contributed by atoms with E-state index in [1.165, 1.54) is 38.3 Å². The molecule has 0 saturated carbocycles. The summed E-state index contributed by atoms with van der Waals surface area (Å²) in [5.41, 5.74) is 13.8. The maximum Gasteiger partial charge on any atom is 0.160 e. The lowest BCUT2D eigenvalue weighted by Gasteiger charge is -2.39. The molecule has 0 unspecified atom stereocenters. The van der Waals surface area contributed by atoms with Gasteiger partial charge in [-0.2, -0.15) is 0 Å². The van der Waals surface area contributed by atoms with Gasteiger partial charge in [-0.1, -0.05) is 163 Å². The van der Waals surface area contributed by atoms with Crippen molar-refractivity contribution >= 4 is 33.7 Å². The highest BCUT2D eigenvalue weighted by Crippen LogP contribution is 2.63. The van der Waals surface area contributed by atoms with Crippen molar-refractivity contribution < 1.29 is 4.42 Å². The van der Waals surface area contributed by atoms with Crippen molar-refractivity contribution in [3.8, 4) is 45.0 Å². The van der Waals surface area contributed by atoms with Gasteiger partial charge in [0.05, 0.1) is 21.7 Å². The molecule has 1 aliphatic carbocycles. The van der Waals surface area contributed by atoms with Crippen LogP contribution in [0.3, 0.4) is 0 Å². The lowest BCUT2D eigenvalue weighted by molar-refractivity contribution is 0.649. The molecule has 1 spiro atoms. The molecular formula is C47H28N2OS. The van der Waals surface area contributed by atoms with Gasteiger partial charge >= 0.3 is 0 Å². The fraction of sp³-hybridized carbons (Fsp3) is 0.0213. The van der Waals surface area contributed by atoms with Gasteiger partial charge in [0.25, 0.3) is 0 Å². The average Bonchev–Trinajstić information content (AvgIpc) is 3.73. The number of furan rings is 1. The summed E-state index contributed by atoms with van der Waals surface area (Å²) in [6.07, 6.45) is 0. The lowest BCUT2D eigenvalue weighted by Crippen LogP contribution is -2.31. The van der Waals surface area contributed by atoms with E-state index in [1.54, 1.807) is 0 Å². The fourth-order valence-electron chi connectivity index (χ4n) is 8.43. The van der Waals surface area contributed by atoms with Crippen LogP contribution in [0.15, 0.2) is 184 Å². The van der Waals surface area contributed by atoms with E-state index in [0.29, 0.717) is 5.82 Å². The molecule has 0 radical (unpaired) electrons. The molecule has 0 atom stereocenters. The van der Waals surface area contributed by atoms with Crippen molar-refractivity contribution in [2.75, 3.05) is 0 Å². The molecule has 1 aliphatic heterocycles. The van der Waals surface area contributed by atoms with Gasteiger partial charge in [-0.3, -0.25) is 0 Å². The highest BCUT2D eigenvalue weighted by molar-refractivity contribution is 7.99. The molecule has 3 nitrogen and oxygen atoms in total. The SMILES string of the molecule is c1ccc(-c2cc(-c3cccc4c3oc3c5c(ccc34)C3(c4ccccc4S5)c4ccccc4-c4ccccc43)nc(-c3ccccc3)n2)cc1. The zero-order valence-corrected chi connectivity index (χ0v) is 28.2. The van der Waals surface area contributed by atoms with Gasteiger partial charge in [-0.05, 0) is 51.6 Å². The molecule has 2 aromatic heterocycles. The quantitative estimate of drug-likeness (QED) is 0.188. The van der Waals surface area contributed by atoms with Gasteiger partial charge in [-0.15, -0.1) is 0 Å². The Morgan fingerprint density at radius 1 is 0.431 bits per heavy atom. The number of aromatic nitrogens is 2. The van der Waals surface area contributed by atoms with Crippen molar-refractivity contribution in [1.29, 1.82) is 0 Å². The number of hydrogen-bond acceptors (Lipinski definition) is 4. The van der Waals surface area contributed by atoms with E-state index in [9.17, 15) is 0 Å². The minimum atomic E-state index is -0.456. The van der Waals surface area contributed by atoms with E-state index in [0.717, 1.165) is 54.9 Å². The molecule has 0 N–H and O–H groups in total. The van der Waals surface area contributed by atoms with Gasteiger partial charge in [-0.25, -0.2) is 9.97 Å². The van der Waals surface area contributed by atoms with Crippen LogP contribution in [0.25, 0.3) is 67.0 Å². The molecule has 0 bridgehead atoms. The maximum absolute atomic E-state index is 7.14. The zero-order valence-electron chi connectivity index (χ0n) is 27.4. The third-order valence-electron chi connectivity index (χ3n) is 10.6. The standard InChI is InChI=1S/C47H28N2OS/c1-3-14-29(15-4-1)40-28-41(49-46(48-40)30-16-5-2-6-17-30)35-21-13-20-33-34-26-27-39-45(44(34)50-43(33)35)51-42-25-12-11-24-38(42)47(39)36-22-9-7-18-31(36)32-19-8-10-23-37(32)47/h1-28H. The number of benzene rings is 7. The first kappa shape index (κ1) is 28.6. The molecular weight excluding hydrogens is 641 g/mol. The topological polar surface area (TPSA) is 38.9 Å². The molecule has 4 heteroatoms. The van der Waals surface area contributed by atoms with Crippen LogP contribution in [0.2, 0.25) is 0 Å². The third kappa shape index (κ3) is 4.02. The number of nitrogens with zero attached hydrogens (tertiary/aromatic N) is 2. The van der Waals surface area contributed by atoms with Crippen LogP contribution >= 0.6 is 11.8 Å². The van der Waals surface area contributed by atoms with Crippen LogP contribution < -0.4 is 0 Å². The van der Waals surface area contributed by atoms with Gasteiger partial charge in [0.15, 0.2) is 5.82 Å². The van der Waals surface area contributed by atoms with Crippen molar-refractivity contribution in [1.82, 2.24) is 9.97 Å². The highest BCUT2D eigenvalue weighted by Gasteiger charge is 2.50. The van der Waals surface area contributed by atoms with Gasteiger partial charge < -0.3 is 4.42 Å². The van der Waals surface area contributed by atoms with E-state index in [2.05, 4.69) is 133 Å². The predicted octanol–water partition coefficient (Wildman–Crippen LogP) is 12.2. The largest absolute Gasteiger partial charge is 0.454 e. The molecule has 238 valence electrons. The number of hydrogen-bond donors (Lipinski definition) is 0. The smallest absolute Gasteiger partial charge is 0.160 e. The van der Waals surface area contributed by atoms with Crippen LogP contribution in [0, 0.1) is 0 Å². The van der Waals surface area contributed by atoms with Gasteiger partial charge in [0.1, 0.15) is 11.2 Å². The number of rotatable bonds is 3. The lowest BCUT2D eigenvalue weighted by atomic mass is 9.67. The molecule has 11 rings (SSSR count). The first-order valence-electron chi connectivity index (χ1n) is 17.2.